The van der Waals surface area contributed by atoms with E-state index in [2.05, 4.69) is 45.0 Å². The Morgan fingerprint density at radius 3 is 2.21 bits per heavy atom. The Hall–Kier alpha value is -3.58. The van der Waals surface area contributed by atoms with Gasteiger partial charge in [-0.15, -0.1) is 11.3 Å². The standard InChI is InChI=1S/C37H40BNO7SSi/c1-37(2,3)48(27-12-6-4-7-13-27,28-14-8-5-9-15-28)44-23-24-19-30-33(36(42)39(35(30)41)21-26-11-10-18-47-26)29-20-32(46-38(43)34(24)29)31-17-16-25(22-40)45-31/h4-18,29-30,32-33,40,43H,19-23H2,1-3H3/t29-,30-,32-,33+/m0/s1. The summed E-state index contributed by atoms with van der Waals surface area (Å²) in [5, 5.41) is 25.2. The van der Waals surface area contributed by atoms with Gasteiger partial charge >= 0.3 is 7.12 Å². The molecule has 4 atom stereocenters. The summed E-state index contributed by atoms with van der Waals surface area (Å²) in [5.41, 5.74) is 1.45. The zero-order chi connectivity index (χ0) is 33.6. The predicted molar refractivity (Wildman–Crippen MR) is 187 cm³/mol. The lowest BCUT2D eigenvalue weighted by atomic mass is 9.55. The lowest BCUT2D eigenvalue weighted by molar-refractivity contribution is -0.140. The molecule has 8 nitrogen and oxygen atoms in total. The van der Waals surface area contributed by atoms with E-state index in [1.165, 1.54) is 16.2 Å². The normalized spacial score (nSPS) is 23.1. The summed E-state index contributed by atoms with van der Waals surface area (Å²) in [6.07, 6.45) is 0.00205. The smallest absolute Gasteiger partial charge is 0.461 e. The molecule has 48 heavy (non-hydrogen) atoms. The van der Waals surface area contributed by atoms with Gasteiger partial charge in [0.25, 0.3) is 8.32 Å². The van der Waals surface area contributed by atoms with E-state index in [9.17, 15) is 19.7 Å². The molecule has 0 unspecified atom stereocenters. The third kappa shape index (κ3) is 5.66. The molecule has 2 aliphatic heterocycles. The summed E-state index contributed by atoms with van der Waals surface area (Å²) in [5.74, 6) is -1.19. The summed E-state index contributed by atoms with van der Waals surface area (Å²) in [7, 11) is -4.27. The minimum Gasteiger partial charge on any atom is -0.461 e. The third-order valence-corrected chi connectivity index (χ3v) is 16.1. The Kier molecular flexibility index (Phi) is 8.95. The maximum absolute atomic E-state index is 14.1. The van der Waals surface area contributed by atoms with Crippen LogP contribution in [0.3, 0.4) is 0 Å². The van der Waals surface area contributed by atoms with Gasteiger partial charge < -0.3 is 23.6 Å². The summed E-state index contributed by atoms with van der Waals surface area (Å²) in [4.78, 5) is 30.6. The van der Waals surface area contributed by atoms with Crippen LogP contribution in [0, 0.1) is 17.8 Å². The van der Waals surface area contributed by atoms with Crippen LogP contribution in [0.1, 0.15) is 56.1 Å². The number of aliphatic hydroxyl groups excluding tert-OH is 1. The number of carbonyl (C=O) groups excluding carboxylic acids is 2. The van der Waals surface area contributed by atoms with Gasteiger partial charge in [0.1, 0.15) is 24.2 Å². The van der Waals surface area contributed by atoms with E-state index in [0.29, 0.717) is 29.8 Å². The highest BCUT2D eigenvalue weighted by atomic mass is 32.1. The molecule has 7 rings (SSSR count). The highest BCUT2D eigenvalue weighted by Crippen LogP contribution is 2.52. The van der Waals surface area contributed by atoms with Crippen LogP contribution in [0.5, 0.6) is 0 Å². The van der Waals surface area contributed by atoms with Crippen LogP contribution < -0.4 is 10.4 Å². The molecule has 2 fully saturated rings. The number of allylic oxidation sites excluding steroid dienone is 1. The maximum atomic E-state index is 14.1. The first-order valence-corrected chi connectivity index (χ1v) is 19.3. The molecule has 4 aromatic rings. The Labute approximate surface area is 286 Å². The number of thiophene rings is 1. The Bertz CT molecular complexity index is 1760. The van der Waals surface area contributed by atoms with Gasteiger partial charge in [-0.05, 0) is 68.8 Å². The number of nitrogens with zero attached hydrogens (tertiary/aromatic N) is 1. The summed E-state index contributed by atoms with van der Waals surface area (Å²) in [6.45, 7) is 6.81. The quantitative estimate of drug-likeness (QED) is 0.189. The van der Waals surface area contributed by atoms with E-state index in [-0.39, 0.29) is 36.6 Å². The van der Waals surface area contributed by atoms with Gasteiger partial charge in [-0.2, -0.15) is 0 Å². The summed E-state index contributed by atoms with van der Waals surface area (Å²) >= 11 is 1.52. The lowest BCUT2D eigenvalue weighted by Crippen LogP contribution is -2.66. The number of hydrogen-bond acceptors (Lipinski definition) is 8. The van der Waals surface area contributed by atoms with Crippen LogP contribution in [0.2, 0.25) is 5.04 Å². The number of benzene rings is 2. The van der Waals surface area contributed by atoms with Gasteiger partial charge in [-0.25, -0.2) is 0 Å². The molecule has 2 saturated heterocycles. The first-order chi connectivity index (χ1) is 23.1. The lowest BCUT2D eigenvalue weighted by Gasteiger charge is -2.45. The van der Waals surface area contributed by atoms with Crippen molar-refractivity contribution in [2.75, 3.05) is 6.61 Å². The van der Waals surface area contributed by atoms with Gasteiger partial charge in [-0.1, -0.05) is 87.5 Å². The molecular formula is C37H40BNO7SSi. The summed E-state index contributed by atoms with van der Waals surface area (Å²) < 4.78 is 19.3. The topological polar surface area (TPSA) is 109 Å². The van der Waals surface area contributed by atoms with Crippen LogP contribution in [-0.4, -0.2) is 48.9 Å². The number of furan rings is 1. The molecule has 0 saturated carbocycles. The van der Waals surface area contributed by atoms with Crippen molar-refractivity contribution in [3.8, 4) is 0 Å². The van der Waals surface area contributed by atoms with E-state index in [4.69, 9.17) is 13.5 Å². The molecule has 11 heteroatoms. The van der Waals surface area contributed by atoms with Gasteiger partial charge in [0, 0.05) is 4.88 Å². The van der Waals surface area contributed by atoms with E-state index in [0.717, 1.165) is 20.8 Å². The highest BCUT2D eigenvalue weighted by Gasteiger charge is 2.59. The number of aliphatic hydroxyl groups is 1. The number of carbonyl (C=O) groups is 2. The molecule has 2 amide bonds. The van der Waals surface area contributed by atoms with Crippen LogP contribution in [-0.2, 0) is 31.8 Å². The predicted octanol–water partition coefficient (Wildman–Crippen LogP) is 5.01. The van der Waals surface area contributed by atoms with Gasteiger partial charge in [0.2, 0.25) is 11.8 Å². The largest absolute Gasteiger partial charge is 0.487 e. The minimum absolute atomic E-state index is 0.182. The van der Waals surface area contributed by atoms with Crippen LogP contribution in [0.4, 0.5) is 0 Å². The minimum atomic E-state index is -2.96. The molecule has 0 spiro atoms. The second kappa shape index (κ2) is 13.0. The fourth-order valence-electron chi connectivity index (χ4n) is 8.12. The molecule has 3 aliphatic rings. The average Bonchev–Trinajstić information content (AvgIpc) is 3.83. The zero-order valence-corrected chi connectivity index (χ0v) is 29.2. The van der Waals surface area contributed by atoms with Crippen molar-refractivity contribution in [1.29, 1.82) is 0 Å². The fourth-order valence-corrected chi connectivity index (χ4v) is 13.4. The zero-order valence-electron chi connectivity index (χ0n) is 27.4. The van der Waals surface area contributed by atoms with Crippen molar-refractivity contribution in [3.63, 3.8) is 0 Å². The van der Waals surface area contributed by atoms with Crippen molar-refractivity contribution < 1.29 is 33.2 Å². The number of imide groups is 1. The van der Waals surface area contributed by atoms with Crippen molar-refractivity contribution in [2.45, 2.75) is 57.9 Å². The SMILES string of the molecule is CC(C)(C)[Si](OCC1=C2B(O)O[C@H](c3ccc(CO)o3)C[C@H]2[C@H]2C(=O)N(Cc3cccs3)C(=O)[C@H]2C1)(c1ccccc1)c1ccccc1. The van der Waals surface area contributed by atoms with E-state index >= 15 is 0 Å². The Morgan fingerprint density at radius 1 is 0.938 bits per heavy atom. The van der Waals surface area contributed by atoms with E-state index < -0.39 is 39.3 Å². The molecule has 4 heterocycles. The molecule has 2 aromatic heterocycles. The second-order valence-corrected chi connectivity index (χ2v) is 19.3. The Morgan fingerprint density at radius 2 is 1.62 bits per heavy atom. The third-order valence-electron chi connectivity index (χ3n) is 10.2. The van der Waals surface area contributed by atoms with E-state index in [1.54, 1.807) is 12.1 Å². The highest BCUT2D eigenvalue weighted by molar-refractivity contribution is 7.09. The van der Waals surface area contributed by atoms with Gasteiger partial charge in [-0.3, -0.25) is 14.5 Å². The second-order valence-electron chi connectivity index (χ2n) is 14.0. The van der Waals surface area contributed by atoms with Crippen molar-refractivity contribution in [1.82, 2.24) is 4.90 Å². The molecule has 2 N–H and O–H groups in total. The molecule has 248 valence electrons. The van der Waals surface area contributed by atoms with Gasteiger partial charge in [0.15, 0.2) is 0 Å². The van der Waals surface area contributed by atoms with E-state index in [1.807, 2.05) is 53.9 Å². The van der Waals surface area contributed by atoms with Crippen molar-refractivity contribution >= 4 is 49.0 Å². The monoisotopic (exact) mass is 681 g/mol. The first-order valence-electron chi connectivity index (χ1n) is 16.5. The van der Waals surface area contributed by atoms with Crippen molar-refractivity contribution in [3.05, 3.63) is 118 Å². The van der Waals surface area contributed by atoms with Crippen molar-refractivity contribution in [2.24, 2.45) is 17.8 Å². The number of likely N-dealkylation sites (tertiary alicyclic amines) is 1. The van der Waals surface area contributed by atoms with Gasteiger partial charge in [0.05, 0.1) is 25.0 Å². The molecule has 0 radical (unpaired) electrons. The van der Waals surface area contributed by atoms with Crippen LogP contribution in [0.25, 0.3) is 0 Å². The number of fused-ring (bicyclic) bond motifs is 3. The van der Waals surface area contributed by atoms with Crippen LogP contribution in [0.15, 0.2) is 106 Å². The maximum Gasteiger partial charge on any atom is 0.487 e. The summed E-state index contributed by atoms with van der Waals surface area (Å²) in [6, 6.07) is 28.0. The number of rotatable bonds is 9. The average molecular weight is 682 g/mol. The fraction of sp³-hybridized carbons (Fsp3) is 0.351. The number of amides is 2. The molecule has 0 bridgehead atoms. The molecular weight excluding hydrogens is 641 g/mol. The van der Waals surface area contributed by atoms with Crippen LogP contribution >= 0.6 is 11.3 Å². The number of hydrogen-bond donors (Lipinski definition) is 2. The first kappa shape index (κ1) is 32.9. The Balaban J connectivity index is 1.30. The molecule has 1 aliphatic carbocycles. The molecule has 2 aromatic carbocycles.